The summed E-state index contributed by atoms with van der Waals surface area (Å²) in [5.41, 5.74) is 2.08. The van der Waals surface area contributed by atoms with Gasteiger partial charge in [-0.05, 0) is 31.5 Å². The van der Waals surface area contributed by atoms with Crippen molar-refractivity contribution in [3.05, 3.63) is 46.8 Å². The zero-order valence-electron chi connectivity index (χ0n) is 9.94. The van der Waals surface area contributed by atoms with Gasteiger partial charge in [0.15, 0.2) is 0 Å². The van der Waals surface area contributed by atoms with Gasteiger partial charge in [0.05, 0.1) is 11.7 Å². The van der Waals surface area contributed by atoms with Crippen molar-refractivity contribution in [1.29, 1.82) is 0 Å². The number of nitrogens with one attached hydrogen (secondary N) is 1. The van der Waals surface area contributed by atoms with Crippen molar-refractivity contribution >= 4 is 15.9 Å². The lowest BCUT2D eigenvalue weighted by atomic mass is 10.1. The molecule has 1 aromatic heterocycles. The fourth-order valence-electron chi connectivity index (χ4n) is 2.27. The third kappa shape index (κ3) is 2.31. The van der Waals surface area contributed by atoms with E-state index in [9.17, 15) is 0 Å². The first-order valence-corrected chi connectivity index (χ1v) is 6.95. The molecule has 1 N–H and O–H groups in total. The molecule has 0 radical (unpaired) electrons. The van der Waals surface area contributed by atoms with E-state index in [0.717, 1.165) is 34.5 Å². The summed E-state index contributed by atoms with van der Waals surface area (Å²) in [4.78, 5) is 9.07. The van der Waals surface area contributed by atoms with Crippen LogP contribution in [0.3, 0.4) is 0 Å². The van der Waals surface area contributed by atoms with Crippen LogP contribution in [0.1, 0.15) is 24.7 Å². The molecule has 1 aliphatic rings. The van der Waals surface area contributed by atoms with E-state index in [1.807, 2.05) is 30.5 Å². The average Bonchev–Trinajstić information content (AvgIpc) is 2.93. The van der Waals surface area contributed by atoms with Crippen molar-refractivity contribution in [3.8, 4) is 11.3 Å². The Kier molecular flexibility index (Phi) is 3.39. The average molecular weight is 304 g/mol. The highest BCUT2D eigenvalue weighted by molar-refractivity contribution is 9.10. The van der Waals surface area contributed by atoms with Crippen molar-refractivity contribution < 1.29 is 0 Å². The van der Waals surface area contributed by atoms with Gasteiger partial charge < -0.3 is 5.32 Å². The lowest BCUT2D eigenvalue weighted by Gasteiger charge is -2.10. The molecule has 0 bridgehead atoms. The second-order valence-corrected chi connectivity index (χ2v) is 5.28. The highest BCUT2D eigenvalue weighted by atomic mass is 79.9. The van der Waals surface area contributed by atoms with Crippen LogP contribution in [0.4, 0.5) is 0 Å². The molecule has 1 aliphatic heterocycles. The highest BCUT2D eigenvalue weighted by Gasteiger charge is 2.19. The van der Waals surface area contributed by atoms with E-state index in [4.69, 9.17) is 0 Å². The third-order valence-electron chi connectivity index (χ3n) is 3.20. The number of nitrogens with zero attached hydrogens (tertiary/aromatic N) is 2. The Morgan fingerprint density at radius 3 is 2.89 bits per heavy atom. The molecule has 0 saturated carbocycles. The molecule has 0 aliphatic carbocycles. The smallest absolute Gasteiger partial charge is 0.145 e. The van der Waals surface area contributed by atoms with Crippen LogP contribution in [0.2, 0.25) is 0 Å². The minimum absolute atomic E-state index is 0.312. The van der Waals surface area contributed by atoms with Crippen LogP contribution in [-0.2, 0) is 0 Å². The lowest BCUT2D eigenvalue weighted by Crippen LogP contribution is -2.15. The van der Waals surface area contributed by atoms with E-state index in [0.29, 0.717) is 6.04 Å². The second-order valence-electron chi connectivity index (χ2n) is 4.43. The predicted molar refractivity (Wildman–Crippen MR) is 75.1 cm³/mol. The Morgan fingerprint density at radius 1 is 1.22 bits per heavy atom. The largest absolute Gasteiger partial charge is 0.307 e. The minimum atomic E-state index is 0.312. The SMILES string of the molecule is Brc1ccccc1-c1ccnc(C2CCCN2)n1. The van der Waals surface area contributed by atoms with E-state index in [2.05, 4.69) is 37.3 Å². The zero-order chi connectivity index (χ0) is 12.4. The number of aromatic nitrogens is 2. The first-order valence-electron chi connectivity index (χ1n) is 6.16. The van der Waals surface area contributed by atoms with Gasteiger partial charge in [-0.25, -0.2) is 9.97 Å². The number of hydrogen-bond donors (Lipinski definition) is 1. The lowest BCUT2D eigenvalue weighted by molar-refractivity contribution is 0.605. The maximum Gasteiger partial charge on any atom is 0.145 e. The molecule has 3 rings (SSSR count). The maximum atomic E-state index is 4.68. The van der Waals surface area contributed by atoms with Crippen LogP contribution in [0.25, 0.3) is 11.3 Å². The molecule has 3 nitrogen and oxygen atoms in total. The molecule has 92 valence electrons. The summed E-state index contributed by atoms with van der Waals surface area (Å²) in [5, 5.41) is 3.43. The van der Waals surface area contributed by atoms with Crippen molar-refractivity contribution in [3.63, 3.8) is 0 Å². The van der Waals surface area contributed by atoms with E-state index in [1.54, 1.807) is 0 Å². The Bertz CT molecular complexity index is 550. The van der Waals surface area contributed by atoms with Crippen molar-refractivity contribution in [1.82, 2.24) is 15.3 Å². The quantitative estimate of drug-likeness (QED) is 0.925. The first kappa shape index (κ1) is 11.8. The van der Waals surface area contributed by atoms with Crippen LogP contribution in [-0.4, -0.2) is 16.5 Å². The molecule has 1 aromatic carbocycles. The summed E-state index contributed by atoms with van der Waals surface area (Å²) in [5.74, 6) is 0.903. The van der Waals surface area contributed by atoms with Crippen LogP contribution in [0, 0.1) is 0 Å². The van der Waals surface area contributed by atoms with Crippen molar-refractivity contribution in [2.24, 2.45) is 0 Å². The number of benzene rings is 1. The Labute approximate surface area is 115 Å². The molecule has 0 amide bonds. The maximum absolute atomic E-state index is 4.68. The molecular weight excluding hydrogens is 290 g/mol. The number of rotatable bonds is 2. The molecule has 2 heterocycles. The van der Waals surface area contributed by atoms with Crippen LogP contribution in [0.15, 0.2) is 41.0 Å². The van der Waals surface area contributed by atoms with Gasteiger partial charge in [0.25, 0.3) is 0 Å². The first-order chi connectivity index (χ1) is 8.84. The molecule has 1 saturated heterocycles. The third-order valence-corrected chi connectivity index (χ3v) is 3.89. The summed E-state index contributed by atoms with van der Waals surface area (Å²) >= 11 is 3.57. The van der Waals surface area contributed by atoms with Gasteiger partial charge in [0.1, 0.15) is 5.82 Å². The fourth-order valence-corrected chi connectivity index (χ4v) is 2.75. The van der Waals surface area contributed by atoms with Gasteiger partial charge in [0, 0.05) is 16.2 Å². The Morgan fingerprint density at radius 2 is 2.11 bits per heavy atom. The van der Waals surface area contributed by atoms with Crippen molar-refractivity contribution in [2.75, 3.05) is 6.54 Å². The summed E-state index contributed by atoms with van der Waals surface area (Å²) in [6.45, 7) is 1.06. The number of hydrogen-bond acceptors (Lipinski definition) is 3. The van der Waals surface area contributed by atoms with Gasteiger partial charge in [-0.3, -0.25) is 0 Å². The predicted octanol–water partition coefficient (Wildman–Crippen LogP) is 3.33. The molecule has 1 unspecified atom stereocenters. The van der Waals surface area contributed by atoms with E-state index >= 15 is 0 Å². The van der Waals surface area contributed by atoms with E-state index in [1.165, 1.54) is 6.42 Å². The van der Waals surface area contributed by atoms with Gasteiger partial charge in [-0.1, -0.05) is 34.1 Å². The Hall–Kier alpha value is -1.26. The summed E-state index contributed by atoms with van der Waals surface area (Å²) < 4.78 is 1.06. The standard InChI is InChI=1S/C14H14BrN3/c15-11-5-2-1-4-10(11)12-7-9-17-14(18-12)13-6-3-8-16-13/h1-2,4-5,7,9,13,16H,3,6,8H2. The molecule has 1 atom stereocenters. The Balaban J connectivity index is 1.98. The highest BCUT2D eigenvalue weighted by Crippen LogP contribution is 2.27. The molecule has 2 aromatic rings. The normalized spacial score (nSPS) is 19.1. The summed E-state index contributed by atoms with van der Waals surface area (Å²) in [7, 11) is 0. The molecule has 18 heavy (non-hydrogen) atoms. The molecule has 4 heteroatoms. The van der Waals surface area contributed by atoms with Crippen LogP contribution in [0.5, 0.6) is 0 Å². The topological polar surface area (TPSA) is 37.8 Å². The van der Waals surface area contributed by atoms with Crippen molar-refractivity contribution in [2.45, 2.75) is 18.9 Å². The summed E-state index contributed by atoms with van der Waals surface area (Å²) in [6, 6.07) is 10.4. The van der Waals surface area contributed by atoms with Gasteiger partial charge in [-0.2, -0.15) is 0 Å². The molecule has 0 spiro atoms. The molecular formula is C14H14BrN3. The summed E-state index contributed by atoms with van der Waals surface area (Å²) in [6.07, 6.45) is 4.17. The molecule has 1 fully saturated rings. The monoisotopic (exact) mass is 303 g/mol. The van der Waals surface area contributed by atoms with Gasteiger partial charge in [0.2, 0.25) is 0 Å². The minimum Gasteiger partial charge on any atom is -0.307 e. The second kappa shape index (κ2) is 5.16. The van der Waals surface area contributed by atoms with Crippen LogP contribution < -0.4 is 5.32 Å². The van der Waals surface area contributed by atoms with Gasteiger partial charge in [-0.15, -0.1) is 0 Å². The number of halogens is 1. The van der Waals surface area contributed by atoms with Crippen LogP contribution >= 0.6 is 15.9 Å². The van der Waals surface area contributed by atoms with Gasteiger partial charge >= 0.3 is 0 Å². The van der Waals surface area contributed by atoms with E-state index < -0.39 is 0 Å². The zero-order valence-corrected chi connectivity index (χ0v) is 11.5. The fraction of sp³-hybridized carbons (Fsp3) is 0.286. The van der Waals surface area contributed by atoms with E-state index in [-0.39, 0.29) is 0 Å².